The van der Waals surface area contributed by atoms with Crippen LogP contribution in [0.25, 0.3) is 0 Å². The first kappa shape index (κ1) is 27.7. The van der Waals surface area contributed by atoms with Gasteiger partial charge >= 0.3 is 0 Å². The van der Waals surface area contributed by atoms with Crippen LogP contribution in [0.4, 0.5) is 5.69 Å². The molecule has 7 nitrogen and oxygen atoms in total. The molecule has 0 saturated heterocycles. The van der Waals surface area contributed by atoms with Gasteiger partial charge in [0.2, 0.25) is 21.8 Å². The fourth-order valence-electron chi connectivity index (χ4n) is 3.60. The summed E-state index contributed by atoms with van der Waals surface area (Å²) in [6, 6.07) is 12.0. The van der Waals surface area contributed by atoms with E-state index < -0.39 is 16.1 Å². The van der Waals surface area contributed by atoms with E-state index in [1.54, 1.807) is 25.1 Å². The van der Waals surface area contributed by atoms with E-state index in [4.69, 9.17) is 11.6 Å². The summed E-state index contributed by atoms with van der Waals surface area (Å²) in [5.41, 5.74) is 3.37. The summed E-state index contributed by atoms with van der Waals surface area (Å²) in [4.78, 5) is 27.2. The van der Waals surface area contributed by atoms with Crippen molar-refractivity contribution in [3.63, 3.8) is 0 Å². The first-order chi connectivity index (χ1) is 16.0. The smallest absolute Gasteiger partial charge is 0.242 e. The Morgan fingerprint density at radius 3 is 2.35 bits per heavy atom. The molecule has 9 heteroatoms. The first-order valence-corrected chi connectivity index (χ1v) is 13.5. The van der Waals surface area contributed by atoms with Crippen LogP contribution in [0.1, 0.15) is 43.4 Å². The molecule has 186 valence electrons. The van der Waals surface area contributed by atoms with Crippen LogP contribution in [-0.4, -0.2) is 50.5 Å². The Bertz CT molecular complexity index is 1120. The van der Waals surface area contributed by atoms with Crippen LogP contribution in [0.2, 0.25) is 5.02 Å². The van der Waals surface area contributed by atoms with Gasteiger partial charge in [0.1, 0.15) is 6.04 Å². The lowest BCUT2D eigenvalue weighted by Gasteiger charge is -2.29. The number of benzene rings is 2. The number of carbonyl (C=O) groups is 2. The summed E-state index contributed by atoms with van der Waals surface area (Å²) in [7, 11) is -3.53. The van der Waals surface area contributed by atoms with Gasteiger partial charge in [-0.15, -0.1) is 0 Å². The Balaban J connectivity index is 2.18. The molecule has 0 aliphatic rings. The molecule has 34 heavy (non-hydrogen) atoms. The van der Waals surface area contributed by atoms with E-state index >= 15 is 0 Å². The van der Waals surface area contributed by atoms with Crippen molar-refractivity contribution >= 4 is 39.1 Å². The number of halogens is 1. The number of anilines is 1. The summed E-state index contributed by atoms with van der Waals surface area (Å²) in [6.07, 6.45) is 1.55. The van der Waals surface area contributed by atoms with E-state index in [-0.39, 0.29) is 31.3 Å². The van der Waals surface area contributed by atoms with Crippen LogP contribution in [0.3, 0.4) is 0 Å². The first-order valence-electron chi connectivity index (χ1n) is 11.3. The minimum atomic E-state index is -3.53. The summed E-state index contributed by atoms with van der Waals surface area (Å²) in [5.74, 6) is -0.497. The largest absolute Gasteiger partial charge is 0.355 e. The second kappa shape index (κ2) is 12.2. The van der Waals surface area contributed by atoms with Crippen LogP contribution in [0.5, 0.6) is 0 Å². The number of aryl methyl sites for hydroxylation is 2. The number of nitrogens with one attached hydrogen (secondary N) is 1. The molecule has 1 atom stereocenters. The van der Waals surface area contributed by atoms with Crippen molar-refractivity contribution in [1.29, 1.82) is 0 Å². The molecule has 2 aromatic rings. The van der Waals surface area contributed by atoms with Gasteiger partial charge in [-0.05, 0) is 69.0 Å². The average Bonchev–Trinajstić information content (AvgIpc) is 2.77. The van der Waals surface area contributed by atoms with Crippen molar-refractivity contribution in [3.05, 3.63) is 64.2 Å². The molecule has 0 aromatic heterocycles. The second-order valence-corrected chi connectivity index (χ2v) is 10.7. The predicted molar refractivity (Wildman–Crippen MR) is 137 cm³/mol. The molecule has 1 N–H and O–H groups in total. The van der Waals surface area contributed by atoms with Crippen LogP contribution in [0.15, 0.2) is 42.5 Å². The number of likely N-dealkylation sites (N-methyl/N-ethyl adjacent to an activating group) is 1. The molecule has 0 saturated carbocycles. The van der Waals surface area contributed by atoms with Gasteiger partial charge in [-0.3, -0.25) is 13.9 Å². The van der Waals surface area contributed by atoms with Gasteiger partial charge in [0.15, 0.2) is 0 Å². The summed E-state index contributed by atoms with van der Waals surface area (Å²) < 4.78 is 26.2. The number of carbonyl (C=O) groups excluding carboxylic acids is 2. The molecule has 2 aromatic carbocycles. The zero-order valence-corrected chi connectivity index (χ0v) is 22.0. The van der Waals surface area contributed by atoms with Crippen molar-refractivity contribution in [2.45, 2.75) is 53.1 Å². The molecule has 0 bridgehead atoms. The quantitative estimate of drug-likeness (QED) is 0.497. The maximum atomic E-state index is 13.2. The highest BCUT2D eigenvalue weighted by Crippen LogP contribution is 2.23. The summed E-state index contributed by atoms with van der Waals surface area (Å²) in [6.45, 7) is 8.18. The van der Waals surface area contributed by atoms with Crippen molar-refractivity contribution in [2.24, 2.45) is 0 Å². The second-order valence-electron chi connectivity index (χ2n) is 8.39. The maximum absolute atomic E-state index is 13.2. The van der Waals surface area contributed by atoms with Crippen molar-refractivity contribution in [2.75, 3.05) is 23.7 Å². The number of hydrogen-bond donors (Lipinski definition) is 1. The molecule has 0 radical (unpaired) electrons. The van der Waals surface area contributed by atoms with Crippen LogP contribution < -0.4 is 9.62 Å². The standard InChI is InChI=1S/C25H34ClN3O4S/c1-6-27-25(31)20(4)28(17-21-10-7-8-11-23(21)26)24(30)12-9-15-29(34(5,32)33)22-14-13-18(2)19(3)16-22/h7-8,10-11,13-14,16,20H,6,9,12,15,17H2,1-5H3,(H,27,31)/t20-/m0/s1. The fraction of sp³-hybridized carbons (Fsp3) is 0.440. The maximum Gasteiger partial charge on any atom is 0.242 e. The van der Waals surface area contributed by atoms with Crippen LogP contribution in [-0.2, 0) is 26.2 Å². The fourth-order valence-corrected chi connectivity index (χ4v) is 4.75. The van der Waals surface area contributed by atoms with Crippen molar-refractivity contribution in [3.8, 4) is 0 Å². The third-order valence-corrected chi connectivity index (χ3v) is 7.31. The van der Waals surface area contributed by atoms with Crippen LogP contribution >= 0.6 is 11.6 Å². The zero-order chi connectivity index (χ0) is 25.5. The summed E-state index contributed by atoms with van der Waals surface area (Å²) >= 11 is 6.29. The van der Waals surface area contributed by atoms with Gasteiger partial charge in [0.05, 0.1) is 11.9 Å². The van der Waals surface area contributed by atoms with E-state index in [2.05, 4.69) is 5.32 Å². The molecular formula is C25H34ClN3O4S. The molecular weight excluding hydrogens is 474 g/mol. The third-order valence-electron chi connectivity index (χ3n) is 5.75. The van der Waals surface area contributed by atoms with Gasteiger partial charge in [0.25, 0.3) is 0 Å². The van der Waals surface area contributed by atoms with Crippen molar-refractivity contribution in [1.82, 2.24) is 10.2 Å². The highest BCUT2D eigenvalue weighted by molar-refractivity contribution is 7.92. The highest BCUT2D eigenvalue weighted by atomic mass is 35.5. The predicted octanol–water partition coefficient (Wildman–Crippen LogP) is 4.06. The molecule has 0 unspecified atom stereocenters. The molecule has 2 rings (SSSR count). The van der Waals surface area contributed by atoms with Crippen molar-refractivity contribution < 1.29 is 18.0 Å². The van der Waals surface area contributed by atoms with E-state index in [1.807, 2.05) is 45.0 Å². The Labute approximate surface area is 208 Å². The summed E-state index contributed by atoms with van der Waals surface area (Å²) in [5, 5.41) is 3.27. The molecule has 0 heterocycles. The molecule has 2 amide bonds. The molecule has 0 aliphatic carbocycles. The molecule has 0 aliphatic heterocycles. The third kappa shape index (κ3) is 7.46. The SMILES string of the molecule is CCNC(=O)[C@H](C)N(Cc1ccccc1Cl)C(=O)CCCN(c1ccc(C)c(C)c1)S(C)(=O)=O. The lowest BCUT2D eigenvalue weighted by atomic mass is 10.1. The Morgan fingerprint density at radius 2 is 1.76 bits per heavy atom. The minimum absolute atomic E-state index is 0.0884. The highest BCUT2D eigenvalue weighted by Gasteiger charge is 2.27. The Morgan fingerprint density at radius 1 is 1.09 bits per heavy atom. The number of hydrogen-bond acceptors (Lipinski definition) is 4. The number of rotatable bonds is 11. The van der Waals surface area contributed by atoms with Gasteiger partial charge < -0.3 is 10.2 Å². The number of sulfonamides is 1. The monoisotopic (exact) mass is 507 g/mol. The van der Waals surface area contributed by atoms with E-state index in [0.717, 1.165) is 22.9 Å². The zero-order valence-electron chi connectivity index (χ0n) is 20.5. The number of nitrogens with zero attached hydrogens (tertiary/aromatic N) is 2. The lowest BCUT2D eigenvalue weighted by Crippen LogP contribution is -2.47. The van der Waals surface area contributed by atoms with Gasteiger partial charge in [0, 0.05) is 31.1 Å². The Kier molecular flexibility index (Phi) is 9.94. The topological polar surface area (TPSA) is 86.8 Å². The normalized spacial score (nSPS) is 12.2. The number of amides is 2. The van der Waals surface area contributed by atoms with Crippen LogP contribution in [0, 0.1) is 13.8 Å². The minimum Gasteiger partial charge on any atom is -0.355 e. The van der Waals surface area contributed by atoms with E-state index in [1.165, 1.54) is 9.21 Å². The lowest BCUT2D eigenvalue weighted by molar-refractivity contribution is -0.140. The average molecular weight is 508 g/mol. The van der Waals surface area contributed by atoms with Gasteiger partial charge in [-0.25, -0.2) is 8.42 Å². The van der Waals surface area contributed by atoms with E-state index in [0.29, 0.717) is 23.7 Å². The molecule has 0 spiro atoms. The van der Waals surface area contributed by atoms with Gasteiger partial charge in [-0.2, -0.15) is 0 Å². The van der Waals surface area contributed by atoms with E-state index in [9.17, 15) is 18.0 Å². The Hall–Kier alpha value is -2.58. The van der Waals surface area contributed by atoms with Gasteiger partial charge in [-0.1, -0.05) is 35.9 Å². The molecule has 0 fully saturated rings.